The van der Waals surface area contributed by atoms with Crippen LogP contribution in [0.15, 0.2) is 18.2 Å². The first-order valence-corrected chi connectivity index (χ1v) is 9.27. The van der Waals surface area contributed by atoms with Crippen LogP contribution in [0.1, 0.15) is 43.4 Å². The molecule has 1 aliphatic carbocycles. The van der Waals surface area contributed by atoms with E-state index in [0.29, 0.717) is 25.9 Å². The number of ketones is 1. The van der Waals surface area contributed by atoms with Gasteiger partial charge in [-0.3, -0.25) is 9.59 Å². The number of rotatable bonds is 5. The Hall–Kier alpha value is -1.96. The second-order valence-corrected chi connectivity index (χ2v) is 7.58. The number of carbonyl (C=O) groups is 2. The van der Waals surface area contributed by atoms with Gasteiger partial charge in [0.15, 0.2) is 0 Å². The third-order valence-corrected chi connectivity index (χ3v) is 5.70. The third-order valence-electron chi connectivity index (χ3n) is 5.70. The van der Waals surface area contributed by atoms with Crippen LogP contribution >= 0.6 is 0 Å². The highest BCUT2D eigenvalue weighted by Gasteiger charge is 2.38. The minimum atomic E-state index is -0.436. The average Bonchev–Trinajstić information content (AvgIpc) is 3.25. The number of aliphatic hydroxyl groups excluding tert-OH is 1. The van der Waals surface area contributed by atoms with Crippen molar-refractivity contribution in [2.45, 2.75) is 56.8 Å². The molecule has 0 aromatic heterocycles. The van der Waals surface area contributed by atoms with Gasteiger partial charge in [-0.15, -0.1) is 0 Å². The van der Waals surface area contributed by atoms with Crippen molar-refractivity contribution < 1.29 is 19.4 Å². The van der Waals surface area contributed by atoms with Crippen molar-refractivity contribution in [1.82, 2.24) is 16.2 Å². The molecule has 3 atom stereocenters. The topological polar surface area (TPSA) is 99.7 Å². The molecule has 0 radical (unpaired) electrons. The lowest BCUT2D eigenvalue weighted by Gasteiger charge is -2.38. The zero-order valence-electron chi connectivity index (χ0n) is 14.8. The Kier molecular flexibility index (Phi) is 4.69. The van der Waals surface area contributed by atoms with Crippen molar-refractivity contribution in [3.05, 3.63) is 29.3 Å². The molecule has 1 saturated carbocycles. The molecule has 0 spiro atoms. The molecular formula is C19H25N3O4. The second-order valence-electron chi connectivity index (χ2n) is 7.58. The van der Waals surface area contributed by atoms with E-state index in [1.807, 2.05) is 12.1 Å². The number of nitrogens with one attached hydrogen (secondary N) is 3. The summed E-state index contributed by atoms with van der Waals surface area (Å²) >= 11 is 0. The van der Waals surface area contributed by atoms with Gasteiger partial charge in [-0.25, -0.2) is 10.9 Å². The van der Waals surface area contributed by atoms with E-state index in [9.17, 15) is 14.7 Å². The highest BCUT2D eigenvalue weighted by atomic mass is 16.5. The number of hydrogen-bond donors (Lipinski definition) is 4. The lowest BCUT2D eigenvalue weighted by atomic mass is 9.74. The normalized spacial score (nSPS) is 30.8. The Bertz CT molecular complexity index is 717. The molecule has 0 bridgehead atoms. The summed E-state index contributed by atoms with van der Waals surface area (Å²) in [5, 5.41) is 12.9. The number of carbonyl (C=O) groups excluding carboxylic acids is 2. The van der Waals surface area contributed by atoms with Crippen LogP contribution in [0.25, 0.3) is 0 Å². The number of aliphatic hydroxyl groups is 1. The predicted octanol–water partition coefficient (Wildman–Crippen LogP) is 0.374. The van der Waals surface area contributed by atoms with Gasteiger partial charge in [0.25, 0.3) is 0 Å². The Morgan fingerprint density at radius 3 is 2.69 bits per heavy atom. The van der Waals surface area contributed by atoms with Crippen LogP contribution in [0, 0.1) is 5.92 Å². The molecule has 1 aromatic carbocycles. The standard InChI is InChI=1S/C19H25N3O4/c1-10(23)15-9-16(22-21-15)19(25)20-18(13-7-14(24)8-13)12-2-3-17-11(6-12)4-5-26-17/h2-3,6,13-16,18,21-22,24H,4-5,7-9H2,1H3,(H,20,25). The van der Waals surface area contributed by atoms with Crippen LogP contribution in [0.4, 0.5) is 0 Å². The predicted molar refractivity (Wildman–Crippen MR) is 94.4 cm³/mol. The van der Waals surface area contributed by atoms with Gasteiger partial charge in [-0.2, -0.15) is 0 Å². The van der Waals surface area contributed by atoms with Crippen LogP contribution in [-0.2, 0) is 16.0 Å². The third kappa shape index (κ3) is 3.34. The van der Waals surface area contributed by atoms with Crippen molar-refractivity contribution in [1.29, 1.82) is 0 Å². The molecule has 3 unspecified atom stereocenters. The first-order chi connectivity index (χ1) is 12.5. The number of amides is 1. The molecule has 7 heteroatoms. The first kappa shape index (κ1) is 17.5. The molecule has 140 valence electrons. The SMILES string of the molecule is CC(=O)C1CC(C(=O)NC(c2ccc3c(c2)CCO3)C2CC(O)C2)NN1. The van der Waals surface area contributed by atoms with Crippen molar-refractivity contribution in [2.75, 3.05) is 6.61 Å². The quantitative estimate of drug-likeness (QED) is 0.606. The van der Waals surface area contributed by atoms with E-state index in [2.05, 4.69) is 22.2 Å². The molecule has 3 aliphatic rings. The molecular weight excluding hydrogens is 334 g/mol. The summed E-state index contributed by atoms with van der Waals surface area (Å²) in [5.74, 6) is 1.03. The fraction of sp³-hybridized carbons (Fsp3) is 0.579. The minimum absolute atomic E-state index is 0.0186. The first-order valence-electron chi connectivity index (χ1n) is 9.27. The summed E-state index contributed by atoms with van der Waals surface area (Å²) in [7, 11) is 0. The van der Waals surface area contributed by atoms with Crippen LogP contribution in [-0.4, -0.2) is 41.6 Å². The van der Waals surface area contributed by atoms with E-state index in [1.54, 1.807) is 0 Å². The molecule has 26 heavy (non-hydrogen) atoms. The Balaban J connectivity index is 1.49. The van der Waals surface area contributed by atoms with Gasteiger partial charge in [0.2, 0.25) is 5.91 Å². The van der Waals surface area contributed by atoms with E-state index < -0.39 is 6.04 Å². The van der Waals surface area contributed by atoms with Crippen LogP contribution < -0.4 is 20.9 Å². The smallest absolute Gasteiger partial charge is 0.239 e. The summed E-state index contributed by atoms with van der Waals surface area (Å²) in [4.78, 5) is 24.2. The number of hydrazine groups is 1. The number of Topliss-reactive ketones (excluding diaryl/α,β-unsaturated/α-hetero) is 1. The number of hydrogen-bond acceptors (Lipinski definition) is 6. The van der Waals surface area contributed by atoms with E-state index in [-0.39, 0.29) is 35.8 Å². The summed E-state index contributed by atoms with van der Waals surface area (Å²) in [6.45, 7) is 2.22. The zero-order valence-corrected chi connectivity index (χ0v) is 14.8. The lowest BCUT2D eigenvalue weighted by molar-refractivity contribution is -0.124. The molecule has 2 heterocycles. The van der Waals surface area contributed by atoms with Crippen molar-refractivity contribution in [3.8, 4) is 5.75 Å². The van der Waals surface area contributed by atoms with Crippen molar-refractivity contribution in [3.63, 3.8) is 0 Å². The fourth-order valence-electron chi connectivity index (χ4n) is 4.02. The Labute approximate surface area is 152 Å². The largest absolute Gasteiger partial charge is 0.493 e. The molecule has 2 aliphatic heterocycles. The van der Waals surface area contributed by atoms with E-state index >= 15 is 0 Å². The van der Waals surface area contributed by atoms with Gasteiger partial charge in [-0.1, -0.05) is 6.07 Å². The molecule has 4 rings (SSSR count). The highest BCUT2D eigenvalue weighted by molar-refractivity contribution is 5.86. The second kappa shape index (κ2) is 6.98. The van der Waals surface area contributed by atoms with Crippen LogP contribution in [0.3, 0.4) is 0 Å². The molecule has 1 amide bonds. The summed E-state index contributed by atoms with van der Waals surface area (Å²) in [5.41, 5.74) is 8.01. The molecule has 1 saturated heterocycles. The number of fused-ring (bicyclic) bond motifs is 1. The van der Waals surface area contributed by atoms with Crippen molar-refractivity contribution in [2.24, 2.45) is 5.92 Å². The maximum Gasteiger partial charge on any atom is 0.239 e. The van der Waals surface area contributed by atoms with Crippen LogP contribution in [0.5, 0.6) is 5.75 Å². The molecule has 1 aromatic rings. The van der Waals surface area contributed by atoms with Gasteiger partial charge in [0, 0.05) is 6.42 Å². The lowest BCUT2D eigenvalue weighted by Crippen LogP contribution is -2.48. The molecule has 2 fully saturated rings. The van der Waals surface area contributed by atoms with E-state index in [0.717, 1.165) is 17.7 Å². The molecule has 7 nitrogen and oxygen atoms in total. The minimum Gasteiger partial charge on any atom is -0.493 e. The average molecular weight is 359 g/mol. The summed E-state index contributed by atoms with van der Waals surface area (Å²) in [6.07, 6.45) is 2.41. The maximum absolute atomic E-state index is 12.7. The number of benzene rings is 1. The van der Waals surface area contributed by atoms with E-state index in [1.165, 1.54) is 12.5 Å². The number of ether oxygens (including phenoxy) is 1. The Morgan fingerprint density at radius 1 is 1.23 bits per heavy atom. The van der Waals surface area contributed by atoms with Gasteiger partial charge in [-0.05, 0) is 55.4 Å². The van der Waals surface area contributed by atoms with Crippen LogP contribution in [0.2, 0.25) is 0 Å². The van der Waals surface area contributed by atoms with Gasteiger partial charge < -0.3 is 15.2 Å². The maximum atomic E-state index is 12.7. The highest BCUT2D eigenvalue weighted by Crippen LogP contribution is 2.39. The summed E-state index contributed by atoms with van der Waals surface area (Å²) < 4.78 is 5.57. The zero-order chi connectivity index (χ0) is 18.3. The monoisotopic (exact) mass is 359 g/mol. The van der Waals surface area contributed by atoms with Gasteiger partial charge in [0.05, 0.1) is 24.8 Å². The Morgan fingerprint density at radius 2 is 2.00 bits per heavy atom. The van der Waals surface area contributed by atoms with E-state index in [4.69, 9.17) is 4.74 Å². The summed E-state index contributed by atoms with van der Waals surface area (Å²) in [6, 6.07) is 5.17. The molecule has 4 N–H and O–H groups in total. The van der Waals surface area contributed by atoms with Gasteiger partial charge >= 0.3 is 0 Å². The fourth-order valence-corrected chi connectivity index (χ4v) is 4.02. The van der Waals surface area contributed by atoms with Crippen molar-refractivity contribution >= 4 is 11.7 Å². The van der Waals surface area contributed by atoms with Gasteiger partial charge in [0.1, 0.15) is 17.6 Å².